The summed E-state index contributed by atoms with van der Waals surface area (Å²) in [6.07, 6.45) is -3.20. The maximum atomic E-state index is 12.7. The molecule has 116 valence electrons. The molecular weight excluding hydrogens is 299 g/mol. The van der Waals surface area contributed by atoms with Gasteiger partial charge in [0.2, 0.25) is 0 Å². The van der Waals surface area contributed by atoms with Gasteiger partial charge in [-0.2, -0.15) is 18.4 Å². The molecule has 0 bridgehead atoms. The molecule has 0 aromatic heterocycles. The van der Waals surface area contributed by atoms with E-state index in [0.717, 1.165) is 18.2 Å². The molecule has 0 aliphatic rings. The Balaban J connectivity index is 2.68. The zero-order valence-corrected chi connectivity index (χ0v) is 11.4. The second kappa shape index (κ2) is 7.98. The summed E-state index contributed by atoms with van der Waals surface area (Å²) in [5.74, 6) is -1.51. The summed E-state index contributed by atoms with van der Waals surface area (Å²) in [5.41, 5.74) is -1.03. The highest BCUT2D eigenvalue weighted by Gasteiger charge is 2.32. The first kappa shape index (κ1) is 17.4. The van der Waals surface area contributed by atoms with Crippen molar-refractivity contribution in [2.45, 2.75) is 19.0 Å². The summed E-state index contributed by atoms with van der Waals surface area (Å²) in [6, 6.07) is 6.54. The molecular formula is C15H12F3NO3. The van der Waals surface area contributed by atoms with Crippen LogP contribution in [0.1, 0.15) is 24.0 Å². The molecule has 0 fully saturated rings. The van der Waals surface area contributed by atoms with Gasteiger partial charge in [-0.25, -0.2) is 0 Å². The number of nitriles is 1. The van der Waals surface area contributed by atoms with Gasteiger partial charge in [-0.3, -0.25) is 9.59 Å². The lowest BCUT2D eigenvalue weighted by molar-refractivity contribution is -0.145. The SMILES string of the molecule is N#CCCOC(=O)CC(=O)C=Cc1ccccc1C(F)(F)F. The summed E-state index contributed by atoms with van der Waals surface area (Å²) in [6.45, 7) is -0.122. The number of nitrogens with zero attached hydrogens (tertiary/aromatic N) is 1. The maximum Gasteiger partial charge on any atom is 0.416 e. The molecule has 0 atom stereocenters. The van der Waals surface area contributed by atoms with Gasteiger partial charge in [0, 0.05) is 0 Å². The average molecular weight is 311 g/mol. The molecule has 0 spiro atoms. The van der Waals surface area contributed by atoms with Crippen molar-refractivity contribution in [1.82, 2.24) is 0 Å². The molecule has 0 aliphatic carbocycles. The van der Waals surface area contributed by atoms with E-state index >= 15 is 0 Å². The number of allylic oxidation sites excluding steroid dienone is 1. The number of rotatable bonds is 6. The second-order valence-corrected chi connectivity index (χ2v) is 4.19. The van der Waals surface area contributed by atoms with Gasteiger partial charge in [-0.1, -0.05) is 24.3 Å². The van der Waals surface area contributed by atoms with Crippen molar-refractivity contribution in [1.29, 1.82) is 5.26 Å². The van der Waals surface area contributed by atoms with Crippen LogP contribution in [0.25, 0.3) is 6.08 Å². The lowest BCUT2D eigenvalue weighted by Gasteiger charge is -2.09. The molecule has 0 N–H and O–H groups in total. The van der Waals surface area contributed by atoms with E-state index in [1.54, 1.807) is 6.07 Å². The Kier molecular flexibility index (Phi) is 6.32. The van der Waals surface area contributed by atoms with Crippen LogP contribution in [-0.4, -0.2) is 18.4 Å². The van der Waals surface area contributed by atoms with Crippen molar-refractivity contribution in [3.63, 3.8) is 0 Å². The first-order valence-corrected chi connectivity index (χ1v) is 6.24. The minimum absolute atomic E-state index is 0.00866. The molecule has 7 heteroatoms. The zero-order valence-electron chi connectivity index (χ0n) is 11.4. The van der Waals surface area contributed by atoms with Crippen molar-refractivity contribution in [3.8, 4) is 6.07 Å². The third-order valence-corrected chi connectivity index (χ3v) is 2.51. The number of carbonyl (C=O) groups is 2. The number of hydrogen-bond acceptors (Lipinski definition) is 4. The van der Waals surface area contributed by atoms with E-state index in [4.69, 9.17) is 5.26 Å². The Hall–Kier alpha value is -2.62. The van der Waals surface area contributed by atoms with Crippen LogP contribution in [0.15, 0.2) is 30.3 Å². The predicted molar refractivity (Wildman–Crippen MR) is 71.3 cm³/mol. The third kappa shape index (κ3) is 5.79. The van der Waals surface area contributed by atoms with Gasteiger partial charge < -0.3 is 4.74 Å². The molecule has 0 aliphatic heterocycles. The van der Waals surface area contributed by atoms with Gasteiger partial charge in [0.1, 0.15) is 13.0 Å². The minimum atomic E-state index is -4.53. The van der Waals surface area contributed by atoms with E-state index in [-0.39, 0.29) is 18.6 Å². The lowest BCUT2D eigenvalue weighted by Crippen LogP contribution is -2.10. The van der Waals surface area contributed by atoms with Crippen LogP contribution in [0.2, 0.25) is 0 Å². The Morgan fingerprint density at radius 1 is 1.27 bits per heavy atom. The summed E-state index contributed by atoms with van der Waals surface area (Å²) in [5, 5.41) is 8.25. The number of carbonyl (C=O) groups excluding carboxylic acids is 2. The first-order valence-electron chi connectivity index (χ1n) is 6.24. The molecule has 0 saturated heterocycles. The largest absolute Gasteiger partial charge is 0.464 e. The number of halogens is 3. The predicted octanol–water partition coefficient (Wildman–Crippen LogP) is 3.13. The molecule has 0 unspecified atom stereocenters. The lowest BCUT2D eigenvalue weighted by atomic mass is 10.1. The molecule has 1 aromatic rings. The highest BCUT2D eigenvalue weighted by Crippen LogP contribution is 2.32. The highest BCUT2D eigenvalue weighted by atomic mass is 19.4. The van der Waals surface area contributed by atoms with E-state index < -0.39 is 29.9 Å². The number of esters is 1. The van der Waals surface area contributed by atoms with Crippen LogP contribution in [-0.2, 0) is 20.5 Å². The molecule has 0 radical (unpaired) electrons. The number of alkyl halides is 3. The van der Waals surface area contributed by atoms with Crippen molar-refractivity contribution in [3.05, 3.63) is 41.5 Å². The van der Waals surface area contributed by atoms with Crippen LogP contribution in [0.5, 0.6) is 0 Å². The number of hydrogen-bond donors (Lipinski definition) is 0. The standard InChI is InChI=1S/C15H12F3NO3/c16-15(17,18)13-5-2-1-4-11(13)6-7-12(20)10-14(21)22-9-3-8-19/h1-2,4-7H,3,9-10H2. The van der Waals surface area contributed by atoms with Gasteiger partial charge in [0.05, 0.1) is 18.1 Å². The second-order valence-electron chi connectivity index (χ2n) is 4.19. The fraction of sp³-hybridized carbons (Fsp3) is 0.267. The summed E-state index contributed by atoms with van der Waals surface area (Å²) in [7, 11) is 0. The zero-order chi connectivity index (χ0) is 16.6. The van der Waals surface area contributed by atoms with E-state index in [0.29, 0.717) is 0 Å². The topological polar surface area (TPSA) is 67.2 Å². The molecule has 0 saturated carbocycles. The van der Waals surface area contributed by atoms with Gasteiger partial charge in [-0.05, 0) is 17.7 Å². The first-order chi connectivity index (χ1) is 10.3. The molecule has 0 heterocycles. The molecule has 4 nitrogen and oxygen atoms in total. The van der Waals surface area contributed by atoms with Gasteiger partial charge >= 0.3 is 12.1 Å². The minimum Gasteiger partial charge on any atom is -0.464 e. The van der Waals surface area contributed by atoms with Crippen molar-refractivity contribution in [2.24, 2.45) is 0 Å². The maximum absolute atomic E-state index is 12.7. The van der Waals surface area contributed by atoms with Crippen LogP contribution < -0.4 is 0 Å². The van der Waals surface area contributed by atoms with Crippen molar-refractivity contribution < 1.29 is 27.5 Å². The molecule has 1 aromatic carbocycles. The summed E-state index contributed by atoms with van der Waals surface area (Å²) >= 11 is 0. The monoisotopic (exact) mass is 311 g/mol. The van der Waals surface area contributed by atoms with Crippen LogP contribution in [0, 0.1) is 11.3 Å². The fourth-order valence-electron chi connectivity index (χ4n) is 1.55. The van der Waals surface area contributed by atoms with E-state index in [1.807, 2.05) is 0 Å². The summed E-state index contributed by atoms with van der Waals surface area (Å²) < 4.78 is 42.8. The van der Waals surface area contributed by atoms with E-state index in [9.17, 15) is 22.8 Å². The molecule has 1 rings (SSSR count). The van der Waals surface area contributed by atoms with E-state index in [1.165, 1.54) is 18.2 Å². The van der Waals surface area contributed by atoms with Gasteiger partial charge in [0.15, 0.2) is 5.78 Å². The Bertz CT molecular complexity index is 615. The van der Waals surface area contributed by atoms with Crippen LogP contribution in [0.4, 0.5) is 13.2 Å². The average Bonchev–Trinajstić information content (AvgIpc) is 2.44. The van der Waals surface area contributed by atoms with E-state index in [2.05, 4.69) is 4.74 Å². The number of ether oxygens (including phenoxy) is 1. The van der Waals surface area contributed by atoms with Crippen LogP contribution >= 0.6 is 0 Å². The highest BCUT2D eigenvalue weighted by molar-refractivity contribution is 6.04. The van der Waals surface area contributed by atoms with Gasteiger partial charge in [-0.15, -0.1) is 0 Å². The van der Waals surface area contributed by atoms with Crippen molar-refractivity contribution >= 4 is 17.8 Å². The smallest absolute Gasteiger partial charge is 0.416 e. The summed E-state index contributed by atoms with van der Waals surface area (Å²) in [4.78, 5) is 22.7. The van der Waals surface area contributed by atoms with Gasteiger partial charge in [0.25, 0.3) is 0 Å². The fourth-order valence-corrected chi connectivity index (χ4v) is 1.55. The van der Waals surface area contributed by atoms with Crippen molar-refractivity contribution in [2.75, 3.05) is 6.61 Å². The van der Waals surface area contributed by atoms with Crippen LogP contribution in [0.3, 0.4) is 0 Å². The molecule has 22 heavy (non-hydrogen) atoms. The number of ketones is 1. The Labute approximate surface area is 124 Å². The quantitative estimate of drug-likeness (QED) is 0.350. The number of benzene rings is 1. The normalized spacial score (nSPS) is 11.2. The Morgan fingerprint density at radius 2 is 1.95 bits per heavy atom. The Morgan fingerprint density at radius 3 is 2.59 bits per heavy atom. The third-order valence-electron chi connectivity index (χ3n) is 2.51. The molecule has 0 amide bonds.